The van der Waals surface area contributed by atoms with Gasteiger partial charge in [0.2, 0.25) is 10.0 Å². The van der Waals surface area contributed by atoms with Crippen molar-refractivity contribution < 1.29 is 13.2 Å². The van der Waals surface area contributed by atoms with Crippen LogP contribution in [0.1, 0.15) is 6.92 Å². The molecular formula is C9H12ClN3O3S. The summed E-state index contributed by atoms with van der Waals surface area (Å²) < 4.78 is 25.8. The van der Waals surface area contributed by atoms with E-state index in [1.54, 1.807) is 0 Å². The van der Waals surface area contributed by atoms with E-state index in [0.717, 1.165) is 0 Å². The molecule has 0 fully saturated rings. The highest BCUT2D eigenvalue weighted by molar-refractivity contribution is 7.89. The summed E-state index contributed by atoms with van der Waals surface area (Å²) in [6.45, 7) is 1.38. The summed E-state index contributed by atoms with van der Waals surface area (Å²) in [6.07, 6.45) is 0. The minimum Gasteiger partial charge on any atom is -0.293 e. The number of amides is 1. The van der Waals surface area contributed by atoms with E-state index in [0.29, 0.717) is 5.02 Å². The Balaban J connectivity index is 2.89. The number of hydrazine groups is 1. The van der Waals surface area contributed by atoms with E-state index in [2.05, 4.69) is 4.72 Å². The Morgan fingerprint density at radius 1 is 1.35 bits per heavy atom. The molecule has 4 N–H and O–H groups in total. The Morgan fingerprint density at radius 2 is 1.88 bits per heavy atom. The molecule has 1 atom stereocenters. The zero-order valence-electron chi connectivity index (χ0n) is 8.98. The lowest BCUT2D eigenvalue weighted by atomic mass is 10.3. The highest BCUT2D eigenvalue weighted by Crippen LogP contribution is 2.14. The smallest absolute Gasteiger partial charge is 0.251 e. The van der Waals surface area contributed by atoms with E-state index >= 15 is 0 Å². The molecule has 0 aliphatic carbocycles. The SMILES string of the molecule is CC(NS(=O)(=O)c1ccc(Cl)cc1)C(=O)NN. The van der Waals surface area contributed by atoms with Crippen molar-refractivity contribution in [1.82, 2.24) is 10.1 Å². The lowest BCUT2D eigenvalue weighted by Gasteiger charge is -2.12. The van der Waals surface area contributed by atoms with Crippen LogP contribution in [0.15, 0.2) is 29.2 Å². The largest absolute Gasteiger partial charge is 0.293 e. The van der Waals surface area contributed by atoms with Gasteiger partial charge in [0.25, 0.3) is 5.91 Å². The molecule has 0 saturated carbocycles. The summed E-state index contributed by atoms with van der Waals surface area (Å²) in [4.78, 5) is 11.1. The van der Waals surface area contributed by atoms with Crippen molar-refractivity contribution in [2.24, 2.45) is 5.84 Å². The average molecular weight is 278 g/mol. The van der Waals surface area contributed by atoms with Crippen LogP contribution in [-0.2, 0) is 14.8 Å². The quantitative estimate of drug-likeness (QED) is 0.409. The first-order valence-corrected chi connectivity index (χ1v) is 6.51. The molecule has 0 bridgehead atoms. The Hall–Kier alpha value is -1.15. The maximum absolute atomic E-state index is 11.8. The molecule has 0 heterocycles. The standard InChI is InChI=1S/C9H12ClN3O3S/c1-6(9(14)12-11)13-17(15,16)8-4-2-7(10)3-5-8/h2-6,13H,11H2,1H3,(H,12,14). The van der Waals surface area contributed by atoms with Crippen LogP contribution in [0.4, 0.5) is 0 Å². The van der Waals surface area contributed by atoms with Crippen LogP contribution in [0.25, 0.3) is 0 Å². The summed E-state index contributed by atoms with van der Waals surface area (Å²) in [7, 11) is -3.76. The Labute approximate surface area is 104 Å². The molecule has 6 nitrogen and oxygen atoms in total. The van der Waals surface area contributed by atoms with Gasteiger partial charge in [-0.1, -0.05) is 11.6 Å². The molecule has 1 rings (SSSR count). The molecule has 1 amide bonds. The third kappa shape index (κ3) is 3.67. The second-order valence-electron chi connectivity index (χ2n) is 3.31. The molecule has 1 unspecified atom stereocenters. The van der Waals surface area contributed by atoms with Gasteiger partial charge in [-0.15, -0.1) is 0 Å². The predicted molar refractivity (Wildman–Crippen MR) is 63.6 cm³/mol. The van der Waals surface area contributed by atoms with Gasteiger partial charge in [-0.05, 0) is 31.2 Å². The third-order valence-corrected chi connectivity index (χ3v) is 3.80. The number of carbonyl (C=O) groups excluding carboxylic acids is 1. The summed E-state index contributed by atoms with van der Waals surface area (Å²) in [5.74, 6) is 4.28. The second kappa shape index (κ2) is 5.46. The Bertz CT molecular complexity index is 501. The van der Waals surface area contributed by atoms with Gasteiger partial charge in [0.05, 0.1) is 10.9 Å². The van der Waals surface area contributed by atoms with Crippen LogP contribution in [0.2, 0.25) is 5.02 Å². The topological polar surface area (TPSA) is 101 Å². The molecule has 94 valence electrons. The highest BCUT2D eigenvalue weighted by atomic mass is 35.5. The zero-order chi connectivity index (χ0) is 13.1. The molecule has 17 heavy (non-hydrogen) atoms. The fourth-order valence-electron chi connectivity index (χ4n) is 1.09. The van der Waals surface area contributed by atoms with Crippen molar-refractivity contribution in [3.05, 3.63) is 29.3 Å². The van der Waals surface area contributed by atoms with Crippen molar-refractivity contribution in [2.75, 3.05) is 0 Å². The van der Waals surface area contributed by atoms with Crippen molar-refractivity contribution in [1.29, 1.82) is 0 Å². The van der Waals surface area contributed by atoms with Gasteiger partial charge in [0.15, 0.2) is 0 Å². The molecule has 0 radical (unpaired) electrons. The molecule has 0 aliphatic heterocycles. The summed E-state index contributed by atoms with van der Waals surface area (Å²) in [5, 5.41) is 0.427. The predicted octanol–water partition coefficient (Wildman–Crippen LogP) is -0.00330. The fourth-order valence-corrected chi connectivity index (χ4v) is 2.42. The second-order valence-corrected chi connectivity index (χ2v) is 5.46. The summed E-state index contributed by atoms with van der Waals surface area (Å²) in [5.41, 5.74) is 1.86. The minimum atomic E-state index is -3.76. The Morgan fingerprint density at radius 3 is 2.35 bits per heavy atom. The monoisotopic (exact) mass is 277 g/mol. The number of hydrogen-bond acceptors (Lipinski definition) is 4. The van der Waals surface area contributed by atoms with Crippen LogP contribution < -0.4 is 16.0 Å². The summed E-state index contributed by atoms with van der Waals surface area (Å²) >= 11 is 5.64. The Kier molecular flexibility index (Phi) is 4.47. The molecule has 0 aromatic heterocycles. The first kappa shape index (κ1) is 13.9. The molecular weight excluding hydrogens is 266 g/mol. The normalized spacial score (nSPS) is 13.1. The van der Waals surface area contributed by atoms with Gasteiger partial charge in [-0.3, -0.25) is 10.2 Å². The van der Waals surface area contributed by atoms with Crippen LogP contribution in [0, 0.1) is 0 Å². The number of halogens is 1. The van der Waals surface area contributed by atoms with Gasteiger partial charge >= 0.3 is 0 Å². The van der Waals surface area contributed by atoms with Gasteiger partial charge in [0.1, 0.15) is 0 Å². The minimum absolute atomic E-state index is 0.0265. The highest BCUT2D eigenvalue weighted by Gasteiger charge is 2.21. The first-order valence-electron chi connectivity index (χ1n) is 4.65. The van der Waals surface area contributed by atoms with Gasteiger partial charge in [-0.2, -0.15) is 4.72 Å². The molecule has 0 saturated heterocycles. The number of hydrogen-bond donors (Lipinski definition) is 3. The first-order chi connectivity index (χ1) is 7.86. The molecule has 1 aromatic carbocycles. The van der Waals surface area contributed by atoms with Crippen molar-refractivity contribution in [3.8, 4) is 0 Å². The number of nitrogens with two attached hydrogens (primary N) is 1. The van der Waals surface area contributed by atoms with E-state index in [4.69, 9.17) is 17.4 Å². The van der Waals surface area contributed by atoms with E-state index in [1.807, 2.05) is 5.43 Å². The zero-order valence-corrected chi connectivity index (χ0v) is 10.5. The third-order valence-electron chi connectivity index (χ3n) is 1.99. The van der Waals surface area contributed by atoms with Gasteiger partial charge < -0.3 is 0 Å². The van der Waals surface area contributed by atoms with Crippen LogP contribution in [0.5, 0.6) is 0 Å². The molecule has 1 aromatic rings. The van der Waals surface area contributed by atoms with Gasteiger partial charge in [-0.25, -0.2) is 14.3 Å². The average Bonchev–Trinajstić information content (AvgIpc) is 2.27. The number of benzene rings is 1. The van der Waals surface area contributed by atoms with Crippen molar-refractivity contribution in [2.45, 2.75) is 17.9 Å². The molecule has 8 heteroatoms. The van der Waals surface area contributed by atoms with E-state index in [9.17, 15) is 13.2 Å². The van der Waals surface area contributed by atoms with Crippen molar-refractivity contribution >= 4 is 27.5 Å². The van der Waals surface area contributed by atoms with Crippen LogP contribution >= 0.6 is 11.6 Å². The van der Waals surface area contributed by atoms with E-state index in [-0.39, 0.29) is 4.90 Å². The maximum atomic E-state index is 11.8. The number of nitrogens with one attached hydrogen (secondary N) is 2. The molecule has 0 spiro atoms. The fraction of sp³-hybridized carbons (Fsp3) is 0.222. The van der Waals surface area contributed by atoms with E-state index < -0.39 is 22.0 Å². The maximum Gasteiger partial charge on any atom is 0.251 e. The number of rotatable bonds is 4. The molecule has 0 aliphatic rings. The van der Waals surface area contributed by atoms with E-state index in [1.165, 1.54) is 31.2 Å². The number of sulfonamides is 1. The lowest BCUT2D eigenvalue weighted by molar-refractivity contribution is -0.122. The van der Waals surface area contributed by atoms with Crippen molar-refractivity contribution in [3.63, 3.8) is 0 Å². The van der Waals surface area contributed by atoms with Gasteiger partial charge in [0, 0.05) is 5.02 Å². The van der Waals surface area contributed by atoms with Crippen LogP contribution in [0.3, 0.4) is 0 Å². The number of carbonyl (C=O) groups is 1. The summed E-state index contributed by atoms with van der Waals surface area (Å²) in [6, 6.07) is 4.63. The van der Waals surface area contributed by atoms with Crippen LogP contribution in [-0.4, -0.2) is 20.4 Å². The lowest BCUT2D eigenvalue weighted by Crippen LogP contribution is -2.47.